The van der Waals surface area contributed by atoms with Crippen molar-refractivity contribution < 1.29 is 4.79 Å². The van der Waals surface area contributed by atoms with Gasteiger partial charge in [0.25, 0.3) is 0 Å². The van der Waals surface area contributed by atoms with E-state index in [1.807, 2.05) is 19.0 Å². The van der Waals surface area contributed by atoms with E-state index in [0.717, 1.165) is 38.9 Å². The molecule has 0 aliphatic carbocycles. The Bertz CT molecular complexity index is 195. The van der Waals surface area contributed by atoms with Crippen molar-refractivity contribution in [2.45, 2.75) is 39.2 Å². The summed E-state index contributed by atoms with van der Waals surface area (Å²) in [6.45, 7) is 6.62. The first kappa shape index (κ1) is 15.4. The fraction of sp³-hybridized carbons (Fsp3) is 0.917. The molecule has 4 heteroatoms. The van der Waals surface area contributed by atoms with Gasteiger partial charge in [-0.25, -0.2) is 0 Å². The van der Waals surface area contributed by atoms with Gasteiger partial charge in [-0.2, -0.15) is 0 Å². The zero-order valence-electron chi connectivity index (χ0n) is 11.2. The van der Waals surface area contributed by atoms with E-state index >= 15 is 0 Å². The van der Waals surface area contributed by atoms with Crippen LogP contribution < -0.4 is 5.73 Å². The van der Waals surface area contributed by atoms with Crippen LogP contribution in [-0.2, 0) is 4.79 Å². The largest absolute Gasteiger partial charge is 0.340 e. The van der Waals surface area contributed by atoms with Gasteiger partial charge in [0.2, 0.25) is 5.91 Å². The van der Waals surface area contributed by atoms with Gasteiger partial charge in [0, 0.05) is 19.6 Å². The summed E-state index contributed by atoms with van der Waals surface area (Å²) in [6, 6.07) is -0.321. The van der Waals surface area contributed by atoms with Gasteiger partial charge in [-0.1, -0.05) is 20.3 Å². The molecule has 0 fully saturated rings. The summed E-state index contributed by atoms with van der Waals surface area (Å²) >= 11 is 0. The van der Waals surface area contributed by atoms with Gasteiger partial charge in [0.15, 0.2) is 0 Å². The highest BCUT2D eigenvalue weighted by Gasteiger charge is 2.19. The van der Waals surface area contributed by atoms with Crippen LogP contribution in [0.3, 0.4) is 0 Å². The van der Waals surface area contributed by atoms with Gasteiger partial charge in [-0.15, -0.1) is 0 Å². The molecule has 1 amide bonds. The number of carbonyl (C=O) groups excluding carboxylic acids is 1. The number of nitrogens with two attached hydrogens (primary N) is 1. The van der Waals surface area contributed by atoms with E-state index in [9.17, 15) is 4.79 Å². The Balaban J connectivity index is 4.22. The second-order valence-electron chi connectivity index (χ2n) is 4.52. The third-order valence-electron chi connectivity index (χ3n) is 2.54. The maximum Gasteiger partial charge on any atom is 0.239 e. The SMILES string of the molecule is CCC[C@H](N)C(=O)N(CCC)CCN(C)C. The highest BCUT2D eigenvalue weighted by molar-refractivity contribution is 5.81. The first-order valence-electron chi connectivity index (χ1n) is 6.22. The third kappa shape index (κ3) is 6.08. The van der Waals surface area contributed by atoms with Gasteiger partial charge < -0.3 is 15.5 Å². The predicted molar refractivity (Wildman–Crippen MR) is 68.3 cm³/mol. The smallest absolute Gasteiger partial charge is 0.239 e. The molecule has 0 saturated carbocycles. The van der Waals surface area contributed by atoms with E-state index in [0.29, 0.717) is 0 Å². The monoisotopic (exact) mass is 229 g/mol. The zero-order valence-corrected chi connectivity index (χ0v) is 11.2. The molecule has 0 aromatic carbocycles. The molecule has 0 heterocycles. The van der Waals surface area contributed by atoms with Crippen molar-refractivity contribution in [3.05, 3.63) is 0 Å². The number of rotatable bonds is 8. The van der Waals surface area contributed by atoms with E-state index in [2.05, 4.69) is 18.7 Å². The third-order valence-corrected chi connectivity index (χ3v) is 2.54. The maximum absolute atomic E-state index is 12.0. The fourth-order valence-corrected chi connectivity index (χ4v) is 1.59. The Kier molecular flexibility index (Phi) is 8.21. The molecule has 1 atom stereocenters. The Labute approximate surface area is 99.8 Å². The second-order valence-corrected chi connectivity index (χ2v) is 4.52. The van der Waals surface area contributed by atoms with Crippen LogP contribution in [0.25, 0.3) is 0 Å². The van der Waals surface area contributed by atoms with Crippen molar-refractivity contribution >= 4 is 5.91 Å². The van der Waals surface area contributed by atoms with E-state index in [1.54, 1.807) is 0 Å². The molecule has 0 rings (SSSR count). The molecule has 0 aliphatic rings. The summed E-state index contributed by atoms with van der Waals surface area (Å²) in [5.41, 5.74) is 5.86. The molecule has 2 N–H and O–H groups in total. The van der Waals surface area contributed by atoms with E-state index in [-0.39, 0.29) is 11.9 Å². The summed E-state index contributed by atoms with van der Waals surface area (Å²) in [6.07, 6.45) is 2.72. The topological polar surface area (TPSA) is 49.6 Å². The number of likely N-dealkylation sites (N-methyl/N-ethyl adjacent to an activating group) is 1. The number of amides is 1. The lowest BCUT2D eigenvalue weighted by molar-refractivity contribution is -0.133. The Morgan fingerprint density at radius 3 is 2.19 bits per heavy atom. The molecule has 0 aliphatic heterocycles. The minimum Gasteiger partial charge on any atom is -0.340 e. The van der Waals surface area contributed by atoms with Crippen molar-refractivity contribution in [3.8, 4) is 0 Å². The van der Waals surface area contributed by atoms with E-state index < -0.39 is 0 Å². The number of carbonyl (C=O) groups is 1. The molecule has 96 valence electrons. The number of nitrogens with zero attached hydrogens (tertiary/aromatic N) is 2. The maximum atomic E-state index is 12.0. The molecular weight excluding hydrogens is 202 g/mol. The van der Waals surface area contributed by atoms with Crippen molar-refractivity contribution in [1.29, 1.82) is 0 Å². The summed E-state index contributed by atoms with van der Waals surface area (Å²) in [5, 5.41) is 0. The Morgan fingerprint density at radius 2 is 1.75 bits per heavy atom. The standard InChI is InChI=1S/C12H27N3O/c1-5-7-11(13)12(16)15(8-6-2)10-9-14(3)4/h11H,5-10,13H2,1-4H3/t11-/m0/s1. The van der Waals surface area contributed by atoms with Gasteiger partial charge in [-0.3, -0.25) is 4.79 Å². The molecular formula is C12H27N3O. The van der Waals surface area contributed by atoms with Crippen molar-refractivity contribution in [2.24, 2.45) is 5.73 Å². The lowest BCUT2D eigenvalue weighted by Gasteiger charge is -2.26. The van der Waals surface area contributed by atoms with Gasteiger partial charge in [0.05, 0.1) is 6.04 Å². The highest BCUT2D eigenvalue weighted by atomic mass is 16.2. The normalized spacial score (nSPS) is 12.9. The van der Waals surface area contributed by atoms with Crippen LogP contribution in [0.1, 0.15) is 33.1 Å². The summed E-state index contributed by atoms with van der Waals surface area (Å²) in [5.74, 6) is 0.102. The van der Waals surface area contributed by atoms with Crippen LogP contribution in [0.2, 0.25) is 0 Å². The number of hydrogen-bond acceptors (Lipinski definition) is 3. The molecule has 0 radical (unpaired) electrons. The van der Waals surface area contributed by atoms with Crippen LogP contribution in [0.15, 0.2) is 0 Å². The van der Waals surface area contributed by atoms with Crippen LogP contribution >= 0.6 is 0 Å². The highest BCUT2D eigenvalue weighted by Crippen LogP contribution is 2.01. The molecule has 16 heavy (non-hydrogen) atoms. The minimum absolute atomic E-state index is 0.102. The first-order valence-corrected chi connectivity index (χ1v) is 6.22. The van der Waals surface area contributed by atoms with E-state index in [1.165, 1.54) is 0 Å². The van der Waals surface area contributed by atoms with Gasteiger partial charge in [-0.05, 0) is 26.9 Å². The van der Waals surface area contributed by atoms with Gasteiger partial charge >= 0.3 is 0 Å². The fourth-order valence-electron chi connectivity index (χ4n) is 1.59. The van der Waals surface area contributed by atoms with Gasteiger partial charge in [0.1, 0.15) is 0 Å². The molecule has 0 bridgehead atoms. The Morgan fingerprint density at radius 1 is 1.12 bits per heavy atom. The zero-order chi connectivity index (χ0) is 12.6. The quantitative estimate of drug-likeness (QED) is 0.673. The molecule has 4 nitrogen and oxygen atoms in total. The molecule has 0 saturated heterocycles. The minimum atomic E-state index is -0.321. The number of hydrogen-bond donors (Lipinski definition) is 1. The predicted octanol–water partition coefficient (Wildman–Crippen LogP) is 0.914. The van der Waals surface area contributed by atoms with Crippen LogP contribution in [-0.4, -0.2) is 55.5 Å². The average Bonchev–Trinajstić information content (AvgIpc) is 2.23. The lowest BCUT2D eigenvalue weighted by Crippen LogP contribution is -2.46. The molecule has 0 aromatic heterocycles. The van der Waals surface area contributed by atoms with Crippen LogP contribution in [0.4, 0.5) is 0 Å². The van der Waals surface area contributed by atoms with Crippen molar-refractivity contribution in [3.63, 3.8) is 0 Å². The van der Waals surface area contributed by atoms with Crippen molar-refractivity contribution in [2.75, 3.05) is 33.7 Å². The first-order chi connectivity index (χ1) is 7.52. The lowest BCUT2D eigenvalue weighted by atomic mass is 10.1. The Hall–Kier alpha value is -0.610. The van der Waals surface area contributed by atoms with Crippen LogP contribution in [0, 0.1) is 0 Å². The molecule has 0 aromatic rings. The van der Waals surface area contributed by atoms with E-state index in [4.69, 9.17) is 5.73 Å². The molecule has 0 unspecified atom stereocenters. The van der Waals surface area contributed by atoms with Crippen molar-refractivity contribution in [1.82, 2.24) is 9.80 Å². The summed E-state index contributed by atoms with van der Waals surface area (Å²) in [4.78, 5) is 16.0. The molecule has 0 spiro atoms. The summed E-state index contributed by atoms with van der Waals surface area (Å²) in [7, 11) is 4.03. The second kappa shape index (κ2) is 8.53. The average molecular weight is 229 g/mol. The van der Waals surface area contributed by atoms with Crippen LogP contribution in [0.5, 0.6) is 0 Å². The summed E-state index contributed by atoms with van der Waals surface area (Å²) < 4.78 is 0.